The van der Waals surface area contributed by atoms with Crippen molar-refractivity contribution in [3.63, 3.8) is 0 Å². The Morgan fingerprint density at radius 3 is 2.28 bits per heavy atom. The molecule has 0 amide bonds. The van der Waals surface area contributed by atoms with Crippen LogP contribution in [0.3, 0.4) is 0 Å². The fraction of sp³-hybridized carbons (Fsp3) is 0.269. The van der Waals surface area contributed by atoms with Gasteiger partial charge in [-0.25, -0.2) is 4.99 Å². The van der Waals surface area contributed by atoms with Crippen LogP contribution in [0.2, 0.25) is 0 Å². The van der Waals surface area contributed by atoms with Crippen molar-refractivity contribution in [2.75, 3.05) is 20.8 Å². The van der Waals surface area contributed by atoms with Crippen LogP contribution in [-0.4, -0.2) is 26.7 Å². The number of hydrogen-bond donors (Lipinski definition) is 2. The van der Waals surface area contributed by atoms with E-state index >= 15 is 0 Å². The molecule has 0 aliphatic heterocycles. The van der Waals surface area contributed by atoms with Crippen molar-refractivity contribution in [3.8, 4) is 11.5 Å². The van der Waals surface area contributed by atoms with Crippen LogP contribution in [-0.2, 0) is 30.9 Å². The molecule has 0 aliphatic rings. The molecule has 0 spiro atoms. The molecular weight excluding hydrogens is 402 g/mol. The smallest absolute Gasteiger partial charge is 0.188 e. The summed E-state index contributed by atoms with van der Waals surface area (Å²) in [4.78, 5) is 4.50. The molecule has 3 aromatic carbocycles. The van der Waals surface area contributed by atoms with E-state index in [2.05, 4.69) is 34.6 Å². The van der Waals surface area contributed by atoms with Crippen molar-refractivity contribution in [2.24, 2.45) is 10.7 Å². The van der Waals surface area contributed by atoms with E-state index in [0.29, 0.717) is 32.3 Å². The number of hydrogen-bond acceptors (Lipinski definition) is 4. The van der Waals surface area contributed by atoms with Gasteiger partial charge in [-0.2, -0.15) is 0 Å². The third kappa shape index (κ3) is 7.03. The Labute approximate surface area is 190 Å². The fourth-order valence-electron chi connectivity index (χ4n) is 3.30. The van der Waals surface area contributed by atoms with Gasteiger partial charge in [-0.3, -0.25) is 0 Å². The molecular formula is C26H31N3O3. The lowest BCUT2D eigenvalue weighted by atomic mass is 10.1. The molecule has 0 bridgehead atoms. The second-order valence-electron chi connectivity index (χ2n) is 7.31. The molecule has 0 saturated heterocycles. The van der Waals surface area contributed by atoms with Crippen molar-refractivity contribution in [1.82, 2.24) is 5.32 Å². The van der Waals surface area contributed by atoms with Crippen LogP contribution in [0, 0.1) is 0 Å². The highest BCUT2D eigenvalue weighted by molar-refractivity contribution is 5.77. The Bertz CT molecular complexity index is 1010. The number of benzene rings is 3. The van der Waals surface area contributed by atoms with E-state index in [1.54, 1.807) is 14.2 Å². The van der Waals surface area contributed by atoms with Gasteiger partial charge in [-0.15, -0.1) is 0 Å². The molecule has 0 aromatic heterocycles. The molecule has 168 valence electrons. The largest absolute Gasteiger partial charge is 0.493 e. The van der Waals surface area contributed by atoms with Crippen LogP contribution in [0.25, 0.3) is 0 Å². The molecule has 6 nitrogen and oxygen atoms in total. The number of aliphatic imine (C=N–C) groups is 1. The van der Waals surface area contributed by atoms with Crippen molar-refractivity contribution >= 4 is 5.96 Å². The minimum atomic E-state index is 0.422. The van der Waals surface area contributed by atoms with E-state index in [9.17, 15) is 0 Å². The van der Waals surface area contributed by atoms with E-state index in [-0.39, 0.29) is 0 Å². The van der Waals surface area contributed by atoms with Crippen LogP contribution in [0.5, 0.6) is 11.5 Å². The van der Waals surface area contributed by atoms with Gasteiger partial charge in [0.25, 0.3) is 0 Å². The van der Waals surface area contributed by atoms with Gasteiger partial charge in [0.05, 0.1) is 34.0 Å². The number of nitrogens with zero attached hydrogens (tertiary/aromatic N) is 1. The topological polar surface area (TPSA) is 78.1 Å². The first kappa shape index (κ1) is 23.2. The Hall–Kier alpha value is -3.51. The highest BCUT2D eigenvalue weighted by Gasteiger charge is 2.05. The van der Waals surface area contributed by atoms with Crippen LogP contribution in [0.1, 0.15) is 22.3 Å². The van der Waals surface area contributed by atoms with Crippen molar-refractivity contribution in [3.05, 3.63) is 95.1 Å². The summed E-state index contributed by atoms with van der Waals surface area (Å²) in [5.74, 6) is 1.86. The van der Waals surface area contributed by atoms with E-state index in [1.165, 1.54) is 0 Å². The maximum atomic E-state index is 6.08. The summed E-state index contributed by atoms with van der Waals surface area (Å²) < 4.78 is 16.5. The average molecular weight is 434 g/mol. The van der Waals surface area contributed by atoms with Gasteiger partial charge in [0.2, 0.25) is 0 Å². The van der Waals surface area contributed by atoms with E-state index in [0.717, 1.165) is 40.2 Å². The molecule has 3 rings (SSSR count). The molecule has 32 heavy (non-hydrogen) atoms. The summed E-state index contributed by atoms with van der Waals surface area (Å²) in [6.07, 6.45) is 0.792. The zero-order chi connectivity index (χ0) is 22.6. The predicted octanol–water partition coefficient (Wildman–Crippen LogP) is 4.07. The summed E-state index contributed by atoms with van der Waals surface area (Å²) in [5, 5.41) is 3.18. The highest BCUT2D eigenvalue weighted by atomic mass is 16.5. The molecule has 0 unspecified atom stereocenters. The van der Waals surface area contributed by atoms with Crippen LogP contribution in [0.15, 0.2) is 77.8 Å². The predicted molar refractivity (Wildman–Crippen MR) is 128 cm³/mol. The van der Waals surface area contributed by atoms with Gasteiger partial charge in [0.1, 0.15) is 0 Å². The minimum Gasteiger partial charge on any atom is -0.493 e. The van der Waals surface area contributed by atoms with Gasteiger partial charge in [-0.05, 0) is 40.8 Å². The zero-order valence-electron chi connectivity index (χ0n) is 18.7. The summed E-state index contributed by atoms with van der Waals surface area (Å²) in [6.45, 7) is 2.29. The minimum absolute atomic E-state index is 0.422. The number of methoxy groups -OCH3 is 2. The van der Waals surface area contributed by atoms with Gasteiger partial charge < -0.3 is 25.3 Å². The molecule has 0 heterocycles. The van der Waals surface area contributed by atoms with Gasteiger partial charge in [0, 0.05) is 6.54 Å². The normalized spacial score (nSPS) is 11.2. The van der Waals surface area contributed by atoms with Crippen molar-refractivity contribution in [1.29, 1.82) is 0 Å². The van der Waals surface area contributed by atoms with Gasteiger partial charge in [0.15, 0.2) is 17.5 Å². The summed E-state index contributed by atoms with van der Waals surface area (Å²) >= 11 is 0. The highest BCUT2D eigenvalue weighted by Crippen LogP contribution is 2.27. The molecule has 6 heteroatoms. The molecule has 3 aromatic rings. The third-order valence-electron chi connectivity index (χ3n) is 5.07. The average Bonchev–Trinajstić information content (AvgIpc) is 2.84. The zero-order valence-corrected chi connectivity index (χ0v) is 18.7. The number of ether oxygens (including phenoxy) is 3. The third-order valence-corrected chi connectivity index (χ3v) is 5.07. The van der Waals surface area contributed by atoms with Gasteiger partial charge >= 0.3 is 0 Å². The Kier molecular flexibility index (Phi) is 8.95. The quantitative estimate of drug-likeness (QED) is 0.352. The lowest BCUT2D eigenvalue weighted by molar-refractivity contribution is 0.106. The first-order valence-electron chi connectivity index (χ1n) is 10.6. The molecule has 0 fully saturated rings. The second-order valence-corrected chi connectivity index (χ2v) is 7.31. The van der Waals surface area contributed by atoms with Crippen molar-refractivity contribution in [2.45, 2.75) is 26.2 Å². The Morgan fingerprint density at radius 2 is 1.53 bits per heavy atom. The summed E-state index contributed by atoms with van der Waals surface area (Å²) in [7, 11) is 3.26. The van der Waals surface area contributed by atoms with E-state index < -0.39 is 0 Å². The number of rotatable bonds is 11. The first-order chi connectivity index (χ1) is 15.7. The maximum absolute atomic E-state index is 6.08. The number of guanidine groups is 1. The van der Waals surface area contributed by atoms with Crippen LogP contribution < -0.4 is 20.5 Å². The molecule has 0 saturated carbocycles. The second kappa shape index (κ2) is 12.4. The number of nitrogens with one attached hydrogen (secondary N) is 1. The van der Waals surface area contributed by atoms with Crippen LogP contribution >= 0.6 is 0 Å². The van der Waals surface area contributed by atoms with E-state index in [1.807, 2.05) is 48.5 Å². The van der Waals surface area contributed by atoms with Crippen molar-refractivity contribution < 1.29 is 14.2 Å². The summed E-state index contributed by atoms with van der Waals surface area (Å²) in [5.41, 5.74) is 10.6. The Morgan fingerprint density at radius 1 is 0.812 bits per heavy atom. The van der Waals surface area contributed by atoms with E-state index in [4.69, 9.17) is 19.9 Å². The van der Waals surface area contributed by atoms with Crippen LogP contribution in [0.4, 0.5) is 0 Å². The molecule has 0 atom stereocenters. The Balaban J connectivity index is 1.48. The molecule has 0 radical (unpaired) electrons. The first-order valence-corrected chi connectivity index (χ1v) is 10.6. The number of nitrogens with two attached hydrogens (primary N) is 1. The maximum Gasteiger partial charge on any atom is 0.188 e. The SMILES string of the molecule is COc1ccc(CCNC(N)=NCc2ccccc2COCc2ccccc2)cc1OC. The monoisotopic (exact) mass is 433 g/mol. The molecule has 0 aliphatic carbocycles. The lowest BCUT2D eigenvalue weighted by Gasteiger charge is -2.11. The lowest BCUT2D eigenvalue weighted by Crippen LogP contribution is -2.33. The molecule has 3 N–H and O–H groups in total. The fourth-order valence-corrected chi connectivity index (χ4v) is 3.30. The van der Waals surface area contributed by atoms with Gasteiger partial charge in [-0.1, -0.05) is 60.7 Å². The summed E-state index contributed by atoms with van der Waals surface area (Å²) in [6, 6.07) is 24.2. The standard InChI is InChI=1S/C26H31N3O3/c1-30-24-13-12-20(16-25(24)31-2)14-15-28-26(27)29-17-22-10-6-7-11-23(22)19-32-18-21-8-4-3-5-9-21/h3-13,16H,14-15,17-19H2,1-2H3,(H3,27,28,29).